The maximum absolute atomic E-state index is 12.2. The van der Waals surface area contributed by atoms with Crippen LogP contribution in [0.1, 0.15) is 10.4 Å². The summed E-state index contributed by atoms with van der Waals surface area (Å²) in [5.41, 5.74) is -0.911. The molecular formula is C19H14N4O6. The molecule has 146 valence electrons. The molecule has 0 bridgehead atoms. The van der Waals surface area contributed by atoms with Crippen LogP contribution in [0, 0.1) is 20.2 Å². The molecule has 0 radical (unpaired) electrons. The van der Waals surface area contributed by atoms with Gasteiger partial charge in [-0.3, -0.25) is 29.8 Å². The molecule has 29 heavy (non-hydrogen) atoms. The lowest BCUT2D eigenvalue weighted by molar-refractivity contribution is -0.394. The van der Waals surface area contributed by atoms with E-state index < -0.39 is 39.6 Å². The molecule has 0 unspecified atom stereocenters. The third kappa shape index (κ3) is 4.50. The molecule has 0 fully saturated rings. The number of carbonyl (C=O) groups is 2. The number of hydrogen-bond acceptors (Lipinski definition) is 6. The van der Waals surface area contributed by atoms with E-state index in [1.165, 1.54) is 0 Å². The number of carbonyl (C=O) groups excluding carboxylic acids is 2. The lowest BCUT2D eigenvalue weighted by atomic mass is 10.1. The minimum absolute atomic E-state index is 0.288. The molecule has 0 heterocycles. The fraction of sp³-hybridized carbons (Fsp3) is 0.0526. The molecule has 2 amide bonds. The summed E-state index contributed by atoms with van der Waals surface area (Å²) >= 11 is 0. The molecule has 0 aliphatic heterocycles. The first-order valence-electron chi connectivity index (χ1n) is 8.35. The van der Waals surface area contributed by atoms with Crippen LogP contribution in [0.15, 0.2) is 60.7 Å². The van der Waals surface area contributed by atoms with Crippen molar-refractivity contribution in [3.05, 3.63) is 86.5 Å². The number of benzene rings is 3. The topological polar surface area (TPSA) is 144 Å². The van der Waals surface area contributed by atoms with Gasteiger partial charge in [-0.2, -0.15) is 0 Å². The Morgan fingerprint density at radius 2 is 1.48 bits per heavy atom. The number of nitrogens with zero attached hydrogens (tertiary/aromatic N) is 2. The van der Waals surface area contributed by atoms with Crippen molar-refractivity contribution in [2.45, 2.75) is 0 Å². The van der Waals surface area contributed by atoms with Crippen LogP contribution in [-0.4, -0.2) is 28.2 Å². The van der Waals surface area contributed by atoms with Gasteiger partial charge in [-0.1, -0.05) is 36.4 Å². The summed E-state index contributed by atoms with van der Waals surface area (Å²) in [5.74, 6) is -1.36. The molecule has 3 rings (SSSR count). The summed E-state index contributed by atoms with van der Waals surface area (Å²) in [7, 11) is 0. The Kier molecular flexibility index (Phi) is 5.44. The molecule has 10 nitrogen and oxygen atoms in total. The highest BCUT2D eigenvalue weighted by Gasteiger charge is 2.20. The minimum atomic E-state index is -0.843. The zero-order chi connectivity index (χ0) is 21.0. The van der Waals surface area contributed by atoms with E-state index in [2.05, 4.69) is 10.6 Å². The van der Waals surface area contributed by atoms with E-state index in [1.807, 2.05) is 30.3 Å². The molecule has 0 aliphatic carbocycles. The van der Waals surface area contributed by atoms with Crippen LogP contribution >= 0.6 is 0 Å². The molecule has 0 saturated heterocycles. The Morgan fingerprint density at radius 3 is 2.14 bits per heavy atom. The Balaban J connectivity index is 1.71. The van der Waals surface area contributed by atoms with E-state index in [0.717, 1.165) is 29.0 Å². The normalized spacial score (nSPS) is 10.3. The van der Waals surface area contributed by atoms with Crippen LogP contribution in [0.4, 0.5) is 17.1 Å². The van der Waals surface area contributed by atoms with Gasteiger partial charge in [0.05, 0.1) is 28.0 Å². The Bertz CT molecular complexity index is 1110. The van der Waals surface area contributed by atoms with Crippen LogP contribution in [0.25, 0.3) is 10.8 Å². The molecule has 0 aliphatic rings. The molecule has 0 saturated carbocycles. The number of rotatable bonds is 6. The predicted octanol–water partition coefficient (Wildman–Crippen LogP) is 3.02. The minimum Gasteiger partial charge on any atom is -0.343 e. The molecule has 0 atom stereocenters. The fourth-order valence-electron chi connectivity index (χ4n) is 2.73. The van der Waals surface area contributed by atoms with Gasteiger partial charge in [-0.15, -0.1) is 0 Å². The molecule has 3 aromatic rings. The van der Waals surface area contributed by atoms with Crippen LogP contribution in [0.5, 0.6) is 0 Å². The summed E-state index contributed by atoms with van der Waals surface area (Å²) in [6.45, 7) is -0.418. The van der Waals surface area contributed by atoms with Crippen molar-refractivity contribution in [2.24, 2.45) is 0 Å². The van der Waals surface area contributed by atoms with Crippen LogP contribution in [0.2, 0.25) is 0 Å². The number of nitrogens with one attached hydrogen (secondary N) is 2. The maximum Gasteiger partial charge on any atom is 0.277 e. The molecular weight excluding hydrogens is 380 g/mol. The summed E-state index contributed by atoms with van der Waals surface area (Å²) in [5, 5.41) is 28.6. The van der Waals surface area contributed by atoms with Crippen LogP contribution < -0.4 is 10.6 Å². The van der Waals surface area contributed by atoms with Crippen LogP contribution in [0.3, 0.4) is 0 Å². The number of anilines is 1. The standard InChI is InChI=1S/C19H14N4O6/c24-18(21-17-7-3-5-12-4-1-2-6-16(12)17)11-20-19(25)13-8-14(22(26)27)10-15(9-13)23(28)29/h1-10H,11H2,(H,20,25)(H,21,24). The lowest BCUT2D eigenvalue weighted by Gasteiger charge is -2.09. The van der Waals surface area contributed by atoms with E-state index in [-0.39, 0.29) is 5.56 Å². The number of hydrogen-bond donors (Lipinski definition) is 2. The monoisotopic (exact) mass is 394 g/mol. The smallest absolute Gasteiger partial charge is 0.277 e. The van der Waals surface area contributed by atoms with Crippen molar-refractivity contribution in [3.63, 3.8) is 0 Å². The number of non-ortho nitro benzene ring substituents is 2. The second kappa shape index (κ2) is 8.13. The van der Waals surface area contributed by atoms with Gasteiger partial charge in [-0.25, -0.2) is 0 Å². The van der Waals surface area contributed by atoms with Gasteiger partial charge < -0.3 is 10.6 Å². The highest BCUT2D eigenvalue weighted by molar-refractivity contribution is 6.04. The van der Waals surface area contributed by atoms with E-state index in [9.17, 15) is 29.8 Å². The first kappa shape index (κ1) is 19.4. The lowest BCUT2D eigenvalue weighted by Crippen LogP contribution is -2.33. The second-order valence-corrected chi connectivity index (χ2v) is 6.01. The molecule has 2 N–H and O–H groups in total. The second-order valence-electron chi connectivity index (χ2n) is 6.01. The van der Waals surface area contributed by atoms with Gasteiger partial charge in [0.2, 0.25) is 5.91 Å². The SMILES string of the molecule is O=C(CNC(=O)c1cc([N+](=O)[O-])cc([N+](=O)[O-])c1)Nc1cccc2ccccc12. The summed E-state index contributed by atoms with van der Waals surface area (Å²) in [6, 6.07) is 15.4. The van der Waals surface area contributed by atoms with Gasteiger partial charge in [0.15, 0.2) is 0 Å². The fourth-order valence-corrected chi connectivity index (χ4v) is 2.73. The van der Waals surface area contributed by atoms with Crippen LogP contribution in [-0.2, 0) is 4.79 Å². The number of nitro benzene ring substituents is 2. The van der Waals surface area contributed by atoms with E-state index in [1.54, 1.807) is 12.1 Å². The molecule has 3 aromatic carbocycles. The number of fused-ring (bicyclic) bond motifs is 1. The summed E-state index contributed by atoms with van der Waals surface area (Å²) < 4.78 is 0. The van der Waals surface area contributed by atoms with Crippen molar-refractivity contribution in [1.29, 1.82) is 0 Å². The zero-order valence-electron chi connectivity index (χ0n) is 14.8. The predicted molar refractivity (Wildman–Crippen MR) is 105 cm³/mol. The van der Waals surface area contributed by atoms with Crippen molar-refractivity contribution in [3.8, 4) is 0 Å². The van der Waals surface area contributed by atoms with Crippen molar-refractivity contribution in [1.82, 2.24) is 5.32 Å². The van der Waals surface area contributed by atoms with E-state index in [4.69, 9.17) is 0 Å². The highest BCUT2D eigenvalue weighted by atomic mass is 16.6. The Hall–Kier alpha value is -4.34. The maximum atomic E-state index is 12.2. The molecule has 10 heteroatoms. The molecule has 0 aromatic heterocycles. The zero-order valence-corrected chi connectivity index (χ0v) is 14.8. The van der Waals surface area contributed by atoms with Crippen molar-refractivity contribution < 1.29 is 19.4 Å². The van der Waals surface area contributed by atoms with Gasteiger partial charge in [0.25, 0.3) is 17.3 Å². The summed E-state index contributed by atoms with van der Waals surface area (Å²) in [6.07, 6.45) is 0. The van der Waals surface area contributed by atoms with Gasteiger partial charge in [0, 0.05) is 23.2 Å². The van der Waals surface area contributed by atoms with Gasteiger partial charge in [0.1, 0.15) is 0 Å². The first-order chi connectivity index (χ1) is 13.8. The quantitative estimate of drug-likeness (QED) is 0.486. The average molecular weight is 394 g/mol. The first-order valence-corrected chi connectivity index (χ1v) is 8.35. The van der Waals surface area contributed by atoms with Gasteiger partial charge in [-0.05, 0) is 11.5 Å². The third-order valence-electron chi connectivity index (χ3n) is 4.06. The van der Waals surface area contributed by atoms with E-state index in [0.29, 0.717) is 5.69 Å². The highest BCUT2D eigenvalue weighted by Crippen LogP contribution is 2.23. The number of amides is 2. The Morgan fingerprint density at radius 1 is 0.862 bits per heavy atom. The van der Waals surface area contributed by atoms with Crippen molar-refractivity contribution >= 4 is 39.6 Å². The third-order valence-corrected chi connectivity index (χ3v) is 4.06. The molecule has 0 spiro atoms. The largest absolute Gasteiger partial charge is 0.343 e. The number of nitro groups is 2. The van der Waals surface area contributed by atoms with E-state index >= 15 is 0 Å². The van der Waals surface area contributed by atoms with Gasteiger partial charge >= 0.3 is 0 Å². The van der Waals surface area contributed by atoms with Crippen molar-refractivity contribution in [2.75, 3.05) is 11.9 Å². The average Bonchev–Trinajstić information content (AvgIpc) is 2.71. The summed E-state index contributed by atoms with van der Waals surface area (Å²) in [4.78, 5) is 44.6. The Labute approximate surface area is 163 Å².